The van der Waals surface area contributed by atoms with Crippen LogP contribution in [0.15, 0.2) is 71.7 Å². The molecule has 200 valence electrons. The molecule has 0 spiro atoms. The zero-order chi connectivity index (χ0) is 27.7. The number of methoxy groups -OCH3 is 1. The van der Waals surface area contributed by atoms with Gasteiger partial charge in [0, 0.05) is 21.8 Å². The van der Waals surface area contributed by atoms with Gasteiger partial charge in [-0.1, -0.05) is 35.9 Å². The van der Waals surface area contributed by atoms with Crippen LogP contribution in [0.3, 0.4) is 0 Å². The number of benzene rings is 3. The summed E-state index contributed by atoms with van der Waals surface area (Å²) in [5.74, 6) is 1.78. The lowest BCUT2D eigenvalue weighted by atomic mass is 10.00. The molecule has 0 unspecified atom stereocenters. The highest BCUT2D eigenvalue weighted by molar-refractivity contribution is 6.69. The zero-order valence-corrected chi connectivity index (χ0v) is 24.0. The van der Waals surface area contributed by atoms with E-state index in [9.17, 15) is 9.59 Å². The van der Waals surface area contributed by atoms with Crippen LogP contribution in [0, 0.1) is 6.92 Å². The van der Waals surface area contributed by atoms with Gasteiger partial charge in [-0.15, -0.1) is 10.2 Å². The molecule has 1 aromatic heterocycles. The first-order valence-electron chi connectivity index (χ1n) is 12.7. The van der Waals surface area contributed by atoms with Gasteiger partial charge in [0.1, 0.15) is 17.6 Å². The fraction of sp³-hybridized carbons (Fsp3) is 0.241. The Kier molecular flexibility index (Phi) is 7.39. The van der Waals surface area contributed by atoms with Crippen molar-refractivity contribution in [3.05, 3.63) is 100 Å². The second-order valence-corrected chi connectivity index (χ2v) is 14.7. The van der Waals surface area contributed by atoms with Crippen molar-refractivity contribution in [1.82, 2.24) is 14.8 Å². The topological polar surface area (TPSA) is 102 Å². The summed E-state index contributed by atoms with van der Waals surface area (Å²) in [6.07, 6.45) is 0.0681. The molecule has 3 aromatic carbocycles. The lowest BCUT2D eigenvalue weighted by Crippen LogP contribution is -2.28. The maximum Gasteiger partial charge on any atom is 0.227 e. The number of aryl methyl sites for hydroxylation is 1. The molecule has 0 bridgehead atoms. The van der Waals surface area contributed by atoms with Crippen LogP contribution in [-0.4, -0.2) is 46.6 Å². The van der Waals surface area contributed by atoms with Crippen LogP contribution in [0.2, 0.25) is 18.1 Å². The van der Waals surface area contributed by atoms with Crippen molar-refractivity contribution < 1.29 is 14.3 Å². The van der Waals surface area contributed by atoms with E-state index in [0.717, 1.165) is 22.4 Å². The third-order valence-electron chi connectivity index (χ3n) is 6.50. The summed E-state index contributed by atoms with van der Waals surface area (Å²) in [6.45, 7) is 5.69. The van der Waals surface area contributed by atoms with Crippen LogP contribution in [0.5, 0.6) is 5.75 Å². The molecule has 0 radical (unpaired) electrons. The molecular weight excluding hydrogens is 530 g/mol. The molecule has 1 aliphatic heterocycles. The number of anilines is 1. The summed E-state index contributed by atoms with van der Waals surface area (Å²) in [4.78, 5) is 28.6. The SMILES string of the molecule is COc1ccc2c(c1)C(c1ccc(Cl)cc1)=N[C@@H](CC(=O)Nc1ccc(C[Si](C)(C)O)cc1)c1nnc(C)n1-2. The molecule has 1 atom stereocenters. The molecule has 39 heavy (non-hydrogen) atoms. The van der Waals surface area contributed by atoms with Crippen molar-refractivity contribution in [2.45, 2.75) is 38.5 Å². The number of nitrogens with zero attached hydrogens (tertiary/aromatic N) is 4. The van der Waals surface area contributed by atoms with Crippen molar-refractivity contribution in [3.63, 3.8) is 0 Å². The molecule has 2 heterocycles. The molecule has 0 saturated heterocycles. The van der Waals surface area contributed by atoms with Gasteiger partial charge in [-0.3, -0.25) is 14.4 Å². The van der Waals surface area contributed by atoms with Crippen LogP contribution >= 0.6 is 11.6 Å². The molecule has 8 nitrogen and oxygen atoms in total. The number of hydrogen-bond donors (Lipinski definition) is 2. The lowest BCUT2D eigenvalue weighted by molar-refractivity contribution is -0.116. The zero-order valence-electron chi connectivity index (χ0n) is 22.3. The van der Waals surface area contributed by atoms with Gasteiger partial charge >= 0.3 is 0 Å². The minimum Gasteiger partial charge on any atom is -0.497 e. The van der Waals surface area contributed by atoms with E-state index in [1.807, 2.05) is 91.3 Å². The van der Waals surface area contributed by atoms with Crippen molar-refractivity contribution >= 4 is 37.2 Å². The number of amides is 1. The number of ether oxygens (including phenoxy) is 1. The number of carbonyl (C=O) groups excluding carboxylic acids is 1. The molecule has 0 saturated carbocycles. The summed E-state index contributed by atoms with van der Waals surface area (Å²) in [6, 6.07) is 20.9. The number of rotatable bonds is 7. The largest absolute Gasteiger partial charge is 0.497 e. The Labute approximate surface area is 233 Å². The van der Waals surface area contributed by atoms with E-state index in [4.69, 9.17) is 21.3 Å². The summed E-state index contributed by atoms with van der Waals surface area (Å²) in [7, 11) is -0.592. The van der Waals surface area contributed by atoms with Crippen LogP contribution in [0.4, 0.5) is 5.69 Å². The number of hydrogen-bond acceptors (Lipinski definition) is 6. The van der Waals surface area contributed by atoms with E-state index in [1.54, 1.807) is 7.11 Å². The van der Waals surface area contributed by atoms with Gasteiger partial charge in [0.25, 0.3) is 0 Å². The molecule has 0 fully saturated rings. The standard InChI is InChI=1S/C29H30ClN5O3Si/c1-18-33-34-29-25(16-27(36)31-22-11-5-19(6-12-22)17-39(3,4)37)32-28(20-7-9-21(30)10-8-20)24-15-23(38-2)13-14-26(24)35(18)29/h5-15,25,37H,16-17H2,1-4H3,(H,31,36)/t25-/m0/s1. The smallest absolute Gasteiger partial charge is 0.227 e. The Morgan fingerprint density at radius 2 is 1.79 bits per heavy atom. The highest BCUT2D eigenvalue weighted by Gasteiger charge is 2.30. The summed E-state index contributed by atoms with van der Waals surface area (Å²) in [5, 5.41) is 12.4. The Morgan fingerprint density at radius 1 is 1.08 bits per heavy atom. The molecule has 1 amide bonds. The molecule has 0 aliphatic carbocycles. The van der Waals surface area contributed by atoms with E-state index in [0.29, 0.717) is 39.9 Å². The monoisotopic (exact) mass is 559 g/mol. The number of halogens is 1. The van der Waals surface area contributed by atoms with Crippen LogP contribution in [-0.2, 0) is 10.8 Å². The average molecular weight is 560 g/mol. The summed E-state index contributed by atoms with van der Waals surface area (Å²) in [5.41, 5.74) is 5.00. The second kappa shape index (κ2) is 10.8. The normalized spacial score (nSPS) is 14.6. The van der Waals surface area contributed by atoms with E-state index in [1.165, 1.54) is 0 Å². The molecule has 1 aliphatic rings. The van der Waals surface area contributed by atoms with Gasteiger partial charge in [0.2, 0.25) is 5.91 Å². The van der Waals surface area contributed by atoms with Crippen molar-refractivity contribution in [2.75, 3.05) is 12.4 Å². The lowest BCUT2D eigenvalue weighted by Gasteiger charge is -2.15. The fourth-order valence-corrected chi connectivity index (χ4v) is 6.13. The van der Waals surface area contributed by atoms with Gasteiger partial charge in [-0.25, -0.2) is 0 Å². The quantitative estimate of drug-likeness (QED) is 0.294. The first kappa shape index (κ1) is 26.8. The predicted octanol–water partition coefficient (Wildman–Crippen LogP) is 5.44. The van der Waals surface area contributed by atoms with Crippen LogP contribution in [0.25, 0.3) is 5.69 Å². The van der Waals surface area contributed by atoms with Crippen LogP contribution in [0.1, 0.15) is 40.8 Å². The molecule has 10 heteroatoms. The summed E-state index contributed by atoms with van der Waals surface area (Å²) >= 11 is 6.18. The average Bonchev–Trinajstić information content (AvgIpc) is 3.22. The van der Waals surface area contributed by atoms with Gasteiger partial charge in [0.05, 0.1) is 24.9 Å². The van der Waals surface area contributed by atoms with Gasteiger partial charge in [-0.2, -0.15) is 0 Å². The Bertz CT molecular complexity index is 1540. The first-order valence-corrected chi connectivity index (χ1v) is 16.2. The minimum atomic E-state index is -2.22. The van der Waals surface area contributed by atoms with Crippen molar-refractivity contribution in [3.8, 4) is 11.4 Å². The second-order valence-electron chi connectivity index (χ2n) is 10.3. The third-order valence-corrected chi connectivity index (χ3v) is 8.03. The number of fused-ring (bicyclic) bond motifs is 3. The molecule has 4 aromatic rings. The Hall–Kier alpha value is -3.79. The summed E-state index contributed by atoms with van der Waals surface area (Å²) < 4.78 is 7.48. The van der Waals surface area contributed by atoms with E-state index in [-0.39, 0.29) is 12.3 Å². The van der Waals surface area contributed by atoms with E-state index < -0.39 is 14.4 Å². The maximum atomic E-state index is 13.3. The minimum absolute atomic E-state index is 0.0681. The maximum absolute atomic E-state index is 13.3. The van der Waals surface area contributed by atoms with E-state index >= 15 is 0 Å². The van der Waals surface area contributed by atoms with Gasteiger partial charge in [0.15, 0.2) is 14.1 Å². The number of aromatic nitrogens is 3. The Morgan fingerprint density at radius 3 is 2.46 bits per heavy atom. The van der Waals surface area contributed by atoms with Crippen molar-refractivity contribution in [2.24, 2.45) is 4.99 Å². The van der Waals surface area contributed by atoms with Crippen molar-refractivity contribution in [1.29, 1.82) is 0 Å². The number of carbonyl (C=O) groups is 1. The predicted molar refractivity (Wildman–Crippen MR) is 156 cm³/mol. The molecular formula is C29H30ClN5O3Si. The number of nitrogens with one attached hydrogen (secondary N) is 1. The molecule has 2 N–H and O–H groups in total. The van der Waals surface area contributed by atoms with Gasteiger partial charge in [-0.05, 0) is 74.1 Å². The van der Waals surface area contributed by atoms with Gasteiger partial charge < -0.3 is 14.8 Å². The fourth-order valence-electron chi connectivity index (χ4n) is 4.77. The van der Waals surface area contributed by atoms with Crippen LogP contribution < -0.4 is 10.1 Å². The first-order chi connectivity index (χ1) is 18.6. The molecule has 5 rings (SSSR count). The third kappa shape index (κ3) is 5.95. The number of aliphatic imine (C=N–C) groups is 1. The van der Waals surface area contributed by atoms with E-state index in [2.05, 4.69) is 15.5 Å². The Balaban J connectivity index is 1.51. The highest BCUT2D eigenvalue weighted by Crippen LogP contribution is 2.34. The highest BCUT2D eigenvalue weighted by atomic mass is 35.5.